The molecule has 1 heterocycles. The average Bonchev–Trinajstić information content (AvgIpc) is 2.44. The van der Waals surface area contributed by atoms with Gasteiger partial charge in [-0.15, -0.1) is 0 Å². The fraction of sp³-hybridized carbons (Fsp3) is 0.909. The van der Waals surface area contributed by atoms with Crippen molar-refractivity contribution < 1.29 is 0 Å². The number of hydrogen-bond donors (Lipinski definition) is 1. The fourth-order valence-corrected chi connectivity index (χ4v) is 1.88. The molecule has 0 aromatic carbocycles. The molecule has 3 nitrogen and oxygen atoms in total. The second kappa shape index (κ2) is 4.77. The van der Waals surface area contributed by atoms with Crippen molar-refractivity contribution in [3.63, 3.8) is 0 Å². The zero-order valence-corrected chi connectivity index (χ0v) is 9.51. The van der Waals surface area contributed by atoms with Gasteiger partial charge in [-0.25, -0.2) is 0 Å². The molecule has 1 rings (SSSR count). The fourth-order valence-electron chi connectivity index (χ4n) is 1.88. The summed E-state index contributed by atoms with van der Waals surface area (Å²) in [5.74, 6) is 0.380. The molecule has 3 heteroatoms. The highest BCUT2D eigenvalue weighted by atomic mass is 15.2. The summed E-state index contributed by atoms with van der Waals surface area (Å²) in [5, 5.41) is 12.6. The predicted molar refractivity (Wildman–Crippen MR) is 57.9 cm³/mol. The molecule has 0 aliphatic carbocycles. The Bertz CT molecular complexity index is 211. The van der Waals surface area contributed by atoms with Gasteiger partial charge in [0.25, 0.3) is 0 Å². The Hall–Kier alpha value is -0.590. The highest BCUT2D eigenvalue weighted by Gasteiger charge is 2.35. The van der Waals surface area contributed by atoms with Gasteiger partial charge in [0.2, 0.25) is 0 Å². The lowest BCUT2D eigenvalue weighted by atomic mass is 9.88. The Morgan fingerprint density at radius 1 is 1.36 bits per heavy atom. The molecular formula is C11H21N3. The molecule has 0 aromatic rings. The maximum Gasteiger partial charge on any atom is 0.108 e. The van der Waals surface area contributed by atoms with Crippen LogP contribution in [0.1, 0.15) is 27.2 Å². The standard InChI is InChI=1S/C11H21N3/c1-10(2)11(3,9-12)14-7-4-5-13-6-8-14/h10,13H,4-8H2,1-3H3. The second-order valence-electron chi connectivity index (χ2n) is 4.50. The first-order chi connectivity index (χ1) is 6.61. The first kappa shape index (κ1) is 11.5. The maximum absolute atomic E-state index is 9.29. The third kappa shape index (κ3) is 2.26. The van der Waals surface area contributed by atoms with Crippen molar-refractivity contribution in [2.75, 3.05) is 26.2 Å². The van der Waals surface area contributed by atoms with Crippen LogP contribution in [0.25, 0.3) is 0 Å². The van der Waals surface area contributed by atoms with Crippen LogP contribution in [0, 0.1) is 17.2 Å². The maximum atomic E-state index is 9.29. The third-order valence-electron chi connectivity index (χ3n) is 3.35. The predicted octanol–water partition coefficient (Wildman–Crippen LogP) is 1.22. The zero-order chi connectivity index (χ0) is 10.6. The van der Waals surface area contributed by atoms with Gasteiger partial charge in [-0.3, -0.25) is 4.90 Å². The summed E-state index contributed by atoms with van der Waals surface area (Å²) in [5.41, 5.74) is -0.300. The lowest BCUT2D eigenvalue weighted by Gasteiger charge is -2.38. The van der Waals surface area contributed by atoms with Gasteiger partial charge in [-0.1, -0.05) is 13.8 Å². The van der Waals surface area contributed by atoms with Crippen molar-refractivity contribution in [3.8, 4) is 6.07 Å². The first-order valence-electron chi connectivity index (χ1n) is 5.48. The van der Waals surface area contributed by atoms with E-state index in [1.807, 2.05) is 0 Å². The molecule has 1 unspecified atom stereocenters. The number of rotatable bonds is 2. The molecular weight excluding hydrogens is 174 g/mol. The van der Waals surface area contributed by atoms with Crippen molar-refractivity contribution in [2.24, 2.45) is 5.92 Å². The minimum atomic E-state index is -0.300. The van der Waals surface area contributed by atoms with Crippen molar-refractivity contribution in [1.29, 1.82) is 5.26 Å². The Morgan fingerprint density at radius 2 is 2.07 bits per heavy atom. The molecule has 0 saturated carbocycles. The Balaban J connectivity index is 2.72. The van der Waals surface area contributed by atoms with E-state index in [0.717, 1.165) is 32.6 Å². The third-order valence-corrected chi connectivity index (χ3v) is 3.35. The van der Waals surface area contributed by atoms with Crippen LogP contribution in [0.3, 0.4) is 0 Å². The summed E-state index contributed by atoms with van der Waals surface area (Å²) < 4.78 is 0. The smallest absolute Gasteiger partial charge is 0.108 e. The van der Waals surface area contributed by atoms with Crippen LogP contribution in [-0.4, -0.2) is 36.6 Å². The molecule has 1 aliphatic rings. The summed E-state index contributed by atoms with van der Waals surface area (Å²) in [6.07, 6.45) is 1.14. The van der Waals surface area contributed by atoms with E-state index in [1.165, 1.54) is 0 Å². The monoisotopic (exact) mass is 195 g/mol. The van der Waals surface area contributed by atoms with E-state index < -0.39 is 0 Å². The van der Waals surface area contributed by atoms with E-state index in [-0.39, 0.29) is 5.54 Å². The molecule has 0 spiro atoms. The molecule has 0 aromatic heterocycles. The van der Waals surface area contributed by atoms with E-state index in [1.54, 1.807) is 0 Å². The van der Waals surface area contributed by atoms with Gasteiger partial charge in [-0.2, -0.15) is 5.26 Å². The molecule has 0 radical (unpaired) electrons. The molecule has 80 valence electrons. The summed E-state index contributed by atoms with van der Waals surface area (Å²) in [6.45, 7) is 10.4. The molecule has 1 saturated heterocycles. The van der Waals surface area contributed by atoms with Gasteiger partial charge in [-0.05, 0) is 25.8 Å². The van der Waals surface area contributed by atoms with Crippen molar-refractivity contribution >= 4 is 0 Å². The van der Waals surface area contributed by atoms with Gasteiger partial charge in [0.05, 0.1) is 6.07 Å². The minimum absolute atomic E-state index is 0.300. The van der Waals surface area contributed by atoms with Crippen LogP contribution in [0.4, 0.5) is 0 Å². The zero-order valence-electron chi connectivity index (χ0n) is 9.51. The van der Waals surface area contributed by atoms with Crippen LogP contribution in [0.2, 0.25) is 0 Å². The summed E-state index contributed by atoms with van der Waals surface area (Å²) in [7, 11) is 0. The molecule has 1 N–H and O–H groups in total. The van der Waals surface area contributed by atoms with E-state index in [2.05, 4.69) is 37.1 Å². The molecule has 14 heavy (non-hydrogen) atoms. The summed E-state index contributed by atoms with van der Waals surface area (Å²) in [4.78, 5) is 2.32. The lowest BCUT2D eigenvalue weighted by Crippen LogP contribution is -2.50. The molecule has 1 atom stereocenters. The van der Waals surface area contributed by atoms with Gasteiger partial charge in [0.15, 0.2) is 0 Å². The van der Waals surface area contributed by atoms with Crippen molar-refractivity contribution in [3.05, 3.63) is 0 Å². The summed E-state index contributed by atoms with van der Waals surface area (Å²) in [6, 6.07) is 2.47. The normalized spacial score (nSPS) is 23.9. The highest BCUT2D eigenvalue weighted by molar-refractivity contribution is 5.07. The SMILES string of the molecule is CC(C)C(C)(C#N)N1CCCNCC1. The lowest BCUT2D eigenvalue weighted by molar-refractivity contribution is 0.117. The minimum Gasteiger partial charge on any atom is -0.315 e. The van der Waals surface area contributed by atoms with E-state index in [0.29, 0.717) is 5.92 Å². The molecule has 0 bridgehead atoms. The van der Waals surface area contributed by atoms with Crippen LogP contribution in [-0.2, 0) is 0 Å². The number of nitrogens with zero attached hydrogens (tertiary/aromatic N) is 2. The van der Waals surface area contributed by atoms with E-state index in [4.69, 9.17) is 0 Å². The van der Waals surface area contributed by atoms with Crippen LogP contribution in [0.15, 0.2) is 0 Å². The van der Waals surface area contributed by atoms with Gasteiger partial charge in [0.1, 0.15) is 5.54 Å². The van der Waals surface area contributed by atoms with Gasteiger partial charge >= 0.3 is 0 Å². The molecule has 0 amide bonds. The van der Waals surface area contributed by atoms with Crippen LogP contribution < -0.4 is 5.32 Å². The Labute approximate surface area is 87.1 Å². The van der Waals surface area contributed by atoms with Crippen LogP contribution in [0.5, 0.6) is 0 Å². The number of hydrogen-bond acceptors (Lipinski definition) is 3. The topological polar surface area (TPSA) is 39.1 Å². The Morgan fingerprint density at radius 3 is 2.64 bits per heavy atom. The van der Waals surface area contributed by atoms with Gasteiger partial charge < -0.3 is 5.32 Å². The Kier molecular flexibility index (Phi) is 3.91. The van der Waals surface area contributed by atoms with E-state index in [9.17, 15) is 5.26 Å². The van der Waals surface area contributed by atoms with E-state index >= 15 is 0 Å². The average molecular weight is 195 g/mol. The van der Waals surface area contributed by atoms with Crippen molar-refractivity contribution in [1.82, 2.24) is 10.2 Å². The van der Waals surface area contributed by atoms with Crippen LogP contribution >= 0.6 is 0 Å². The quantitative estimate of drug-likeness (QED) is 0.720. The largest absolute Gasteiger partial charge is 0.315 e. The summed E-state index contributed by atoms with van der Waals surface area (Å²) >= 11 is 0. The number of nitriles is 1. The van der Waals surface area contributed by atoms with Gasteiger partial charge in [0, 0.05) is 19.6 Å². The number of nitrogens with one attached hydrogen (secondary N) is 1. The molecule has 1 fully saturated rings. The van der Waals surface area contributed by atoms with Crippen molar-refractivity contribution in [2.45, 2.75) is 32.7 Å². The molecule has 1 aliphatic heterocycles. The highest BCUT2D eigenvalue weighted by Crippen LogP contribution is 2.24. The first-order valence-corrected chi connectivity index (χ1v) is 5.48. The second-order valence-corrected chi connectivity index (χ2v) is 4.50.